The third-order valence-corrected chi connectivity index (χ3v) is 7.17. The predicted molar refractivity (Wildman–Crippen MR) is 118 cm³/mol. The van der Waals surface area contributed by atoms with E-state index in [0.717, 1.165) is 10.4 Å². The number of benzene rings is 2. The van der Waals surface area contributed by atoms with Gasteiger partial charge in [-0.2, -0.15) is 0 Å². The SMILES string of the molecule is O=C(Nc1cc(Cl)cc(-c2cncnc2)c1)c1cc(N2CCCS2(=O)=O)cc(F)c1Cl. The van der Waals surface area contributed by atoms with E-state index in [0.29, 0.717) is 28.3 Å². The summed E-state index contributed by atoms with van der Waals surface area (Å²) in [5.41, 5.74) is 1.55. The van der Waals surface area contributed by atoms with Gasteiger partial charge in [-0.1, -0.05) is 23.2 Å². The number of nitrogens with one attached hydrogen (secondary N) is 1. The maximum Gasteiger partial charge on any atom is 0.257 e. The number of carbonyl (C=O) groups excluding carboxylic acids is 1. The normalized spacial score (nSPS) is 15.1. The first-order chi connectivity index (χ1) is 14.7. The fraction of sp³-hybridized carbons (Fsp3) is 0.150. The van der Waals surface area contributed by atoms with Crippen molar-refractivity contribution in [2.24, 2.45) is 0 Å². The monoisotopic (exact) mass is 480 g/mol. The molecule has 1 aromatic heterocycles. The van der Waals surface area contributed by atoms with E-state index >= 15 is 0 Å². The smallest absolute Gasteiger partial charge is 0.257 e. The molecule has 0 aliphatic carbocycles. The van der Waals surface area contributed by atoms with Crippen LogP contribution in [0, 0.1) is 5.82 Å². The van der Waals surface area contributed by atoms with E-state index in [1.807, 2.05) is 0 Å². The first kappa shape index (κ1) is 21.5. The Labute approximate surface area is 187 Å². The molecule has 0 unspecified atom stereocenters. The van der Waals surface area contributed by atoms with E-state index in [4.69, 9.17) is 23.2 Å². The number of nitrogens with zero attached hydrogens (tertiary/aromatic N) is 3. The molecule has 3 aromatic rings. The van der Waals surface area contributed by atoms with Crippen molar-refractivity contribution >= 4 is 50.5 Å². The molecule has 2 heterocycles. The fourth-order valence-electron chi connectivity index (χ4n) is 3.29. The summed E-state index contributed by atoms with van der Waals surface area (Å²) >= 11 is 12.2. The van der Waals surface area contributed by atoms with Gasteiger partial charge in [-0.3, -0.25) is 9.10 Å². The number of carbonyl (C=O) groups is 1. The van der Waals surface area contributed by atoms with Crippen LogP contribution in [0.4, 0.5) is 15.8 Å². The van der Waals surface area contributed by atoms with E-state index in [2.05, 4.69) is 15.3 Å². The van der Waals surface area contributed by atoms with Gasteiger partial charge in [0.25, 0.3) is 5.91 Å². The van der Waals surface area contributed by atoms with Gasteiger partial charge in [-0.25, -0.2) is 22.8 Å². The Morgan fingerprint density at radius 1 is 1.06 bits per heavy atom. The van der Waals surface area contributed by atoms with Crippen molar-refractivity contribution in [2.45, 2.75) is 6.42 Å². The molecule has 1 fully saturated rings. The summed E-state index contributed by atoms with van der Waals surface area (Å²) in [7, 11) is -3.55. The molecule has 4 rings (SSSR count). The summed E-state index contributed by atoms with van der Waals surface area (Å²) in [5.74, 6) is -1.63. The van der Waals surface area contributed by atoms with E-state index in [9.17, 15) is 17.6 Å². The Kier molecular flexibility index (Phi) is 5.83. The molecular formula is C20H15Cl2FN4O3S. The number of hydrogen-bond acceptors (Lipinski definition) is 5. The zero-order chi connectivity index (χ0) is 22.2. The second-order valence-electron chi connectivity index (χ2n) is 6.84. The molecule has 2 aromatic carbocycles. The van der Waals surface area contributed by atoms with Crippen LogP contribution in [-0.2, 0) is 10.0 Å². The summed E-state index contributed by atoms with van der Waals surface area (Å²) in [6, 6.07) is 7.13. The molecule has 1 N–H and O–H groups in total. The van der Waals surface area contributed by atoms with E-state index in [1.54, 1.807) is 24.5 Å². The number of aromatic nitrogens is 2. The van der Waals surface area contributed by atoms with Crippen LogP contribution in [0.25, 0.3) is 11.1 Å². The third kappa shape index (κ3) is 4.48. The minimum absolute atomic E-state index is 0.0345. The van der Waals surface area contributed by atoms with E-state index in [-0.39, 0.29) is 23.5 Å². The van der Waals surface area contributed by atoms with Crippen LogP contribution in [-0.4, -0.2) is 36.6 Å². The molecular weight excluding hydrogens is 466 g/mol. The van der Waals surface area contributed by atoms with Gasteiger partial charge in [0.15, 0.2) is 0 Å². The first-order valence-electron chi connectivity index (χ1n) is 9.11. The molecule has 11 heteroatoms. The lowest BCUT2D eigenvalue weighted by atomic mass is 10.1. The Morgan fingerprint density at radius 3 is 2.48 bits per heavy atom. The summed E-state index contributed by atoms with van der Waals surface area (Å²) in [5, 5.41) is 2.58. The lowest BCUT2D eigenvalue weighted by molar-refractivity contribution is 0.102. The standard InChI is InChI=1S/C20H15Cl2FN4O3S/c21-14-4-12(13-9-24-11-25-10-13)5-15(6-14)26-20(28)17-7-16(8-18(23)19(17)22)27-2-1-3-31(27,29)30/h4-11H,1-3H2,(H,26,28). The van der Waals surface area contributed by atoms with Gasteiger partial charge in [-0.05, 0) is 42.3 Å². The average Bonchev–Trinajstić information content (AvgIpc) is 3.09. The number of rotatable bonds is 4. The largest absolute Gasteiger partial charge is 0.322 e. The number of sulfonamides is 1. The minimum Gasteiger partial charge on any atom is -0.322 e. The molecule has 0 spiro atoms. The zero-order valence-corrected chi connectivity index (χ0v) is 18.2. The van der Waals surface area contributed by atoms with Crippen molar-refractivity contribution in [3.05, 3.63) is 70.5 Å². The van der Waals surface area contributed by atoms with Crippen molar-refractivity contribution in [3.63, 3.8) is 0 Å². The molecule has 1 aliphatic heterocycles. The Hall–Kier alpha value is -2.75. The Bertz CT molecular complexity index is 1270. The summed E-state index contributed by atoms with van der Waals surface area (Å²) in [6.07, 6.45) is 5.00. The van der Waals surface area contributed by atoms with Gasteiger partial charge in [0, 0.05) is 35.2 Å². The Morgan fingerprint density at radius 2 is 1.81 bits per heavy atom. The van der Waals surface area contributed by atoms with Crippen molar-refractivity contribution in [2.75, 3.05) is 21.9 Å². The van der Waals surface area contributed by atoms with Crippen LogP contribution in [0.2, 0.25) is 10.0 Å². The quantitative estimate of drug-likeness (QED) is 0.597. The highest BCUT2D eigenvalue weighted by Crippen LogP contribution is 2.32. The summed E-state index contributed by atoms with van der Waals surface area (Å²) in [6.45, 7) is 0.210. The van der Waals surface area contributed by atoms with Crippen molar-refractivity contribution < 1.29 is 17.6 Å². The maximum atomic E-state index is 14.4. The van der Waals surface area contributed by atoms with Crippen LogP contribution in [0.3, 0.4) is 0 Å². The van der Waals surface area contributed by atoms with Crippen LogP contribution in [0.1, 0.15) is 16.8 Å². The molecule has 0 saturated carbocycles. The van der Waals surface area contributed by atoms with Crippen LogP contribution in [0.15, 0.2) is 49.1 Å². The maximum absolute atomic E-state index is 14.4. The first-order valence-corrected chi connectivity index (χ1v) is 11.5. The van der Waals surface area contributed by atoms with Gasteiger partial charge in [-0.15, -0.1) is 0 Å². The van der Waals surface area contributed by atoms with Crippen molar-refractivity contribution in [3.8, 4) is 11.1 Å². The van der Waals surface area contributed by atoms with Crippen LogP contribution < -0.4 is 9.62 Å². The lowest BCUT2D eigenvalue weighted by Crippen LogP contribution is -2.26. The Balaban J connectivity index is 1.67. The van der Waals surface area contributed by atoms with E-state index in [1.165, 1.54) is 18.5 Å². The van der Waals surface area contributed by atoms with Crippen molar-refractivity contribution in [1.82, 2.24) is 9.97 Å². The molecule has 0 bridgehead atoms. The van der Waals surface area contributed by atoms with Crippen molar-refractivity contribution in [1.29, 1.82) is 0 Å². The van der Waals surface area contributed by atoms with Crippen LogP contribution >= 0.6 is 23.2 Å². The van der Waals surface area contributed by atoms with Gasteiger partial charge in [0.05, 0.1) is 22.0 Å². The lowest BCUT2D eigenvalue weighted by Gasteiger charge is -2.19. The number of amides is 1. The van der Waals surface area contributed by atoms with Gasteiger partial charge in [0.2, 0.25) is 10.0 Å². The fourth-order valence-corrected chi connectivity index (χ4v) is 5.27. The molecule has 31 heavy (non-hydrogen) atoms. The second kappa shape index (κ2) is 8.41. The zero-order valence-electron chi connectivity index (χ0n) is 15.8. The van der Waals surface area contributed by atoms with E-state index < -0.39 is 26.8 Å². The molecule has 1 amide bonds. The summed E-state index contributed by atoms with van der Waals surface area (Å²) in [4.78, 5) is 20.8. The minimum atomic E-state index is -3.55. The summed E-state index contributed by atoms with van der Waals surface area (Å²) < 4.78 is 39.9. The van der Waals surface area contributed by atoms with Gasteiger partial charge < -0.3 is 5.32 Å². The highest BCUT2D eigenvalue weighted by Gasteiger charge is 2.30. The molecule has 0 radical (unpaired) electrons. The second-order valence-corrected chi connectivity index (χ2v) is 9.67. The molecule has 7 nitrogen and oxygen atoms in total. The highest BCUT2D eigenvalue weighted by molar-refractivity contribution is 7.93. The number of hydrogen-bond donors (Lipinski definition) is 1. The highest BCUT2D eigenvalue weighted by atomic mass is 35.5. The molecule has 1 aliphatic rings. The topological polar surface area (TPSA) is 92.3 Å². The average molecular weight is 481 g/mol. The predicted octanol–water partition coefficient (Wildman–Crippen LogP) is 4.38. The third-order valence-electron chi connectivity index (χ3n) is 4.69. The molecule has 160 valence electrons. The molecule has 0 atom stereocenters. The van der Waals surface area contributed by atoms with Gasteiger partial charge >= 0.3 is 0 Å². The number of halogens is 3. The van der Waals surface area contributed by atoms with Gasteiger partial charge in [0.1, 0.15) is 12.1 Å². The molecule has 1 saturated heterocycles. The van der Waals surface area contributed by atoms with Crippen LogP contribution in [0.5, 0.6) is 0 Å². The number of anilines is 2.